The van der Waals surface area contributed by atoms with E-state index in [0.717, 1.165) is 23.1 Å². The molecule has 1 fully saturated rings. The zero-order valence-electron chi connectivity index (χ0n) is 18.2. The Labute approximate surface area is 191 Å². The van der Waals surface area contributed by atoms with Crippen molar-refractivity contribution in [3.63, 3.8) is 0 Å². The minimum absolute atomic E-state index is 0.0195. The smallest absolute Gasteiger partial charge is 0.265 e. The lowest BCUT2D eigenvalue weighted by atomic mass is 9.98. The molecule has 1 aliphatic rings. The number of hydroxylamine groups is 1. The van der Waals surface area contributed by atoms with Gasteiger partial charge in [0.1, 0.15) is 0 Å². The monoisotopic (exact) mass is 471 g/mol. The first-order valence-electron chi connectivity index (χ1n) is 10.6. The molecule has 0 aliphatic carbocycles. The van der Waals surface area contributed by atoms with Crippen LogP contribution in [0.2, 0.25) is 0 Å². The van der Waals surface area contributed by atoms with Gasteiger partial charge >= 0.3 is 0 Å². The van der Waals surface area contributed by atoms with Crippen LogP contribution in [0.3, 0.4) is 0 Å². The maximum atomic E-state index is 13.3. The van der Waals surface area contributed by atoms with Crippen molar-refractivity contribution in [2.24, 2.45) is 0 Å². The quantitative estimate of drug-likeness (QED) is 0.397. The van der Waals surface area contributed by atoms with Crippen LogP contribution in [0.5, 0.6) is 0 Å². The summed E-state index contributed by atoms with van der Waals surface area (Å²) >= 11 is 0. The number of amides is 1. The van der Waals surface area contributed by atoms with E-state index in [1.165, 1.54) is 17.6 Å². The van der Waals surface area contributed by atoms with E-state index in [-0.39, 0.29) is 31.0 Å². The highest BCUT2D eigenvalue weighted by Gasteiger charge is 2.52. The molecule has 9 nitrogen and oxygen atoms in total. The van der Waals surface area contributed by atoms with E-state index in [2.05, 4.69) is 10.1 Å². The van der Waals surface area contributed by atoms with Gasteiger partial charge in [0.2, 0.25) is 5.89 Å². The summed E-state index contributed by atoms with van der Waals surface area (Å²) in [6.45, 7) is 2.01. The molecule has 2 aromatic carbocycles. The van der Waals surface area contributed by atoms with Crippen LogP contribution in [0.1, 0.15) is 30.1 Å². The van der Waals surface area contributed by atoms with Gasteiger partial charge in [-0.05, 0) is 48.1 Å². The Kier molecular flexibility index (Phi) is 6.59. The number of carbonyl (C=O) groups excluding carboxylic acids is 1. The van der Waals surface area contributed by atoms with Crippen LogP contribution in [-0.2, 0) is 32.2 Å². The second kappa shape index (κ2) is 9.42. The fourth-order valence-corrected chi connectivity index (χ4v) is 5.98. The average molecular weight is 472 g/mol. The third-order valence-corrected chi connectivity index (χ3v) is 8.50. The SMILES string of the molecule is Cc1nc(CCc2ccc(-c3ccc(S(=O)(=O)C4(C(=O)NO)CCOCC4)cc3)cc2)no1. The van der Waals surface area contributed by atoms with Gasteiger partial charge in [-0.1, -0.05) is 41.6 Å². The number of aromatic nitrogens is 2. The summed E-state index contributed by atoms with van der Waals surface area (Å²) in [4.78, 5) is 16.6. The van der Waals surface area contributed by atoms with E-state index < -0.39 is 20.5 Å². The van der Waals surface area contributed by atoms with E-state index in [1.807, 2.05) is 24.3 Å². The Bertz CT molecular complexity index is 1210. The molecular weight excluding hydrogens is 446 g/mol. The number of benzene rings is 2. The number of carbonyl (C=O) groups is 1. The fraction of sp³-hybridized carbons (Fsp3) is 0.348. The van der Waals surface area contributed by atoms with E-state index in [4.69, 9.17) is 14.5 Å². The molecule has 3 aromatic rings. The van der Waals surface area contributed by atoms with Gasteiger partial charge in [-0.25, -0.2) is 13.9 Å². The number of rotatable bonds is 7. The Morgan fingerprint density at radius 2 is 1.64 bits per heavy atom. The molecule has 174 valence electrons. The molecule has 1 aliphatic heterocycles. The van der Waals surface area contributed by atoms with Gasteiger partial charge in [0.25, 0.3) is 5.91 Å². The molecule has 0 bridgehead atoms. The van der Waals surface area contributed by atoms with Gasteiger partial charge in [-0.3, -0.25) is 10.0 Å². The molecule has 1 amide bonds. The molecule has 2 heterocycles. The Morgan fingerprint density at radius 1 is 1.03 bits per heavy atom. The summed E-state index contributed by atoms with van der Waals surface area (Å²) in [7, 11) is -4.04. The normalized spacial score (nSPS) is 15.8. The molecule has 33 heavy (non-hydrogen) atoms. The summed E-state index contributed by atoms with van der Waals surface area (Å²) in [5.74, 6) is 0.289. The minimum atomic E-state index is -4.04. The number of aryl methyl sites for hydroxylation is 3. The van der Waals surface area contributed by atoms with Gasteiger partial charge in [-0.15, -0.1) is 0 Å². The van der Waals surface area contributed by atoms with Crippen molar-refractivity contribution >= 4 is 15.7 Å². The summed E-state index contributed by atoms with van der Waals surface area (Å²) in [5.41, 5.74) is 4.44. The Morgan fingerprint density at radius 3 is 2.18 bits per heavy atom. The van der Waals surface area contributed by atoms with Crippen molar-refractivity contribution < 1.29 is 27.7 Å². The van der Waals surface area contributed by atoms with Crippen LogP contribution in [-0.4, -0.2) is 47.6 Å². The maximum Gasteiger partial charge on any atom is 0.265 e. The standard InChI is InChI=1S/C23H25N3O6S/c1-16-24-21(26-32-16)11-4-17-2-5-18(6-3-17)19-7-9-20(10-8-19)33(29,30)23(22(27)25-28)12-14-31-15-13-23/h2-3,5-10,28H,4,11-15H2,1H3,(H,25,27). The van der Waals surface area contributed by atoms with Crippen molar-refractivity contribution in [1.82, 2.24) is 15.6 Å². The van der Waals surface area contributed by atoms with Crippen molar-refractivity contribution in [3.05, 3.63) is 65.8 Å². The molecule has 1 saturated heterocycles. The van der Waals surface area contributed by atoms with Gasteiger partial charge < -0.3 is 9.26 Å². The lowest BCUT2D eigenvalue weighted by Crippen LogP contribution is -2.54. The number of nitrogens with zero attached hydrogens (tertiary/aromatic N) is 2. The van der Waals surface area contributed by atoms with Crippen LogP contribution in [0, 0.1) is 6.92 Å². The highest BCUT2D eigenvalue weighted by Crippen LogP contribution is 2.36. The molecule has 10 heteroatoms. The Hall–Kier alpha value is -3.08. The Balaban J connectivity index is 1.51. The maximum absolute atomic E-state index is 13.3. The lowest BCUT2D eigenvalue weighted by Gasteiger charge is -2.34. The summed E-state index contributed by atoms with van der Waals surface area (Å²) in [6, 6.07) is 14.4. The zero-order chi connectivity index (χ0) is 23.5. The lowest BCUT2D eigenvalue weighted by molar-refractivity contribution is -0.134. The van der Waals surface area contributed by atoms with E-state index in [0.29, 0.717) is 18.1 Å². The predicted molar refractivity (Wildman–Crippen MR) is 118 cm³/mol. The molecule has 0 spiro atoms. The van der Waals surface area contributed by atoms with E-state index >= 15 is 0 Å². The molecule has 2 N–H and O–H groups in total. The zero-order valence-corrected chi connectivity index (χ0v) is 19.0. The van der Waals surface area contributed by atoms with Crippen LogP contribution < -0.4 is 5.48 Å². The first-order valence-corrected chi connectivity index (χ1v) is 12.1. The number of sulfone groups is 1. The largest absolute Gasteiger partial charge is 0.381 e. The highest BCUT2D eigenvalue weighted by molar-refractivity contribution is 7.93. The molecule has 1 aromatic heterocycles. The predicted octanol–water partition coefficient (Wildman–Crippen LogP) is 2.66. The second-order valence-corrected chi connectivity index (χ2v) is 10.3. The topological polar surface area (TPSA) is 132 Å². The third-order valence-electron chi connectivity index (χ3n) is 5.99. The molecule has 4 rings (SSSR count). The average Bonchev–Trinajstić information content (AvgIpc) is 3.28. The van der Waals surface area contributed by atoms with Crippen molar-refractivity contribution in [1.29, 1.82) is 0 Å². The number of hydrogen-bond acceptors (Lipinski definition) is 8. The number of nitrogens with one attached hydrogen (secondary N) is 1. The van der Waals surface area contributed by atoms with Crippen LogP contribution in [0.25, 0.3) is 11.1 Å². The van der Waals surface area contributed by atoms with Gasteiger partial charge in [0, 0.05) is 26.6 Å². The third kappa shape index (κ3) is 4.54. The number of hydrogen-bond donors (Lipinski definition) is 2. The van der Waals surface area contributed by atoms with Gasteiger partial charge in [0.05, 0.1) is 4.90 Å². The second-order valence-electron chi connectivity index (χ2n) is 8.00. The number of ether oxygens (including phenoxy) is 1. The fourth-order valence-electron chi connectivity index (χ4n) is 4.04. The molecule has 0 atom stereocenters. The van der Waals surface area contributed by atoms with Gasteiger partial charge in [-0.2, -0.15) is 4.98 Å². The summed E-state index contributed by atoms with van der Waals surface area (Å²) in [6.07, 6.45) is 1.41. The van der Waals surface area contributed by atoms with Crippen LogP contribution >= 0.6 is 0 Å². The highest BCUT2D eigenvalue weighted by atomic mass is 32.2. The molecule has 0 radical (unpaired) electrons. The summed E-state index contributed by atoms with van der Waals surface area (Å²) < 4.78 is 35.2. The molecule has 0 saturated carbocycles. The molecular formula is C23H25N3O6S. The first kappa shape index (κ1) is 23.1. The minimum Gasteiger partial charge on any atom is -0.381 e. The first-order chi connectivity index (χ1) is 15.9. The van der Waals surface area contributed by atoms with Gasteiger partial charge in [0.15, 0.2) is 20.4 Å². The summed E-state index contributed by atoms with van der Waals surface area (Å²) in [5, 5.41) is 13.1. The molecule has 0 unspecified atom stereocenters. The van der Waals surface area contributed by atoms with Crippen LogP contribution in [0.4, 0.5) is 0 Å². The van der Waals surface area contributed by atoms with E-state index in [1.54, 1.807) is 19.1 Å². The van der Waals surface area contributed by atoms with Crippen LogP contribution in [0.15, 0.2) is 57.9 Å². The van der Waals surface area contributed by atoms with Crippen molar-refractivity contribution in [3.8, 4) is 11.1 Å². The van der Waals surface area contributed by atoms with Crippen molar-refractivity contribution in [2.45, 2.75) is 42.2 Å². The van der Waals surface area contributed by atoms with Crippen molar-refractivity contribution in [2.75, 3.05) is 13.2 Å². The van der Waals surface area contributed by atoms with E-state index in [9.17, 15) is 13.2 Å².